The largest absolute Gasteiger partial charge is 0.481 e. The van der Waals surface area contributed by atoms with Crippen LogP contribution in [0.15, 0.2) is 12.4 Å². The van der Waals surface area contributed by atoms with Crippen molar-refractivity contribution >= 4 is 0 Å². The molecule has 0 saturated heterocycles. The molecule has 0 aliphatic heterocycles. The molecule has 1 aromatic heterocycles. The first-order valence-electron chi connectivity index (χ1n) is 4.29. The maximum absolute atomic E-state index is 9.37. The van der Waals surface area contributed by atoms with Crippen molar-refractivity contribution in [1.29, 1.82) is 0 Å². The Labute approximate surface area is 77.6 Å². The van der Waals surface area contributed by atoms with E-state index in [-0.39, 0.29) is 6.10 Å². The van der Waals surface area contributed by atoms with Crippen molar-refractivity contribution in [1.82, 2.24) is 9.97 Å². The molecule has 0 bridgehead atoms. The maximum Gasteiger partial charge on any atom is 0.216 e. The van der Waals surface area contributed by atoms with Crippen LogP contribution in [0.5, 0.6) is 5.88 Å². The maximum atomic E-state index is 9.37. The molecule has 0 saturated carbocycles. The smallest absolute Gasteiger partial charge is 0.216 e. The van der Waals surface area contributed by atoms with Gasteiger partial charge in [-0.2, -0.15) is 0 Å². The Bertz CT molecular complexity index is 266. The number of methoxy groups -OCH3 is 1. The van der Waals surface area contributed by atoms with Crippen molar-refractivity contribution in [3.05, 3.63) is 18.1 Å². The number of rotatable bonds is 4. The highest BCUT2D eigenvalue weighted by Crippen LogP contribution is 2.08. The molecular weight excluding hydrogens is 168 g/mol. The van der Waals surface area contributed by atoms with E-state index in [9.17, 15) is 5.11 Å². The summed E-state index contributed by atoms with van der Waals surface area (Å²) in [7, 11) is 1.56. The Morgan fingerprint density at radius 1 is 1.54 bits per heavy atom. The van der Waals surface area contributed by atoms with Gasteiger partial charge in [0, 0.05) is 12.5 Å². The molecule has 13 heavy (non-hydrogen) atoms. The van der Waals surface area contributed by atoms with Gasteiger partial charge in [-0.05, 0) is 6.42 Å². The molecule has 0 fully saturated rings. The normalized spacial score (nSPS) is 12.5. The first kappa shape index (κ1) is 9.92. The zero-order valence-corrected chi connectivity index (χ0v) is 7.90. The van der Waals surface area contributed by atoms with E-state index < -0.39 is 0 Å². The highest BCUT2D eigenvalue weighted by molar-refractivity contribution is 5.13. The summed E-state index contributed by atoms with van der Waals surface area (Å²) in [6.45, 7) is 1.93. The quantitative estimate of drug-likeness (QED) is 0.748. The minimum absolute atomic E-state index is 0.334. The fourth-order valence-electron chi connectivity index (χ4n) is 0.986. The summed E-state index contributed by atoms with van der Waals surface area (Å²) >= 11 is 0. The summed E-state index contributed by atoms with van der Waals surface area (Å²) in [6.07, 6.45) is 2.39. The standard InChI is InChI=1S/C9H14N2O2/c1-3-8(12)4-7-5-9(13-2)11-6-10-7/h5-6,8,12H,3-4H2,1-2H3. The van der Waals surface area contributed by atoms with Gasteiger partial charge < -0.3 is 9.84 Å². The Morgan fingerprint density at radius 3 is 2.92 bits per heavy atom. The van der Waals surface area contributed by atoms with Crippen LogP contribution >= 0.6 is 0 Å². The number of aliphatic hydroxyl groups is 1. The number of aromatic nitrogens is 2. The average Bonchev–Trinajstić information content (AvgIpc) is 2.18. The van der Waals surface area contributed by atoms with E-state index in [2.05, 4.69) is 9.97 Å². The van der Waals surface area contributed by atoms with Gasteiger partial charge in [-0.15, -0.1) is 0 Å². The monoisotopic (exact) mass is 182 g/mol. The molecule has 72 valence electrons. The lowest BCUT2D eigenvalue weighted by Gasteiger charge is -2.06. The Morgan fingerprint density at radius 2 is 2.31 bits per heavy atom. The van der Waals surface area contributed by atoms with Gasteiger partial charge in [0.2, 0.25) is 5.88 Å². The molecule has 1 unspecified atom stereocenters. The lowest BCUT2D eigenvalue weighted by atomic mass is 10.1. The highest BCUT2D eigenvalue weighted by Gasteiger charge is 2.04. The molecule has 0 spiro atoms. The summed E-state index contributed by atoms with van der Waals surface area (Å²) in [4.78, 5) is 7.90. The van der Waals surface area contributed by atoms with Crippen molar-refractivity contribution < 1.29 is 9.84 Å². The second-order valence-electron chi connectivity index (χ2n) is 2.82. The number of aliphatic hydroxyl groups excluding tert-OH is 1. The number of hydrogen-bond acceptors (Lipinski definition) is 4. The molecule has 1 heterocycles. The lowest BCUT2D eigenvalue weighted by Crippen LogP contribution is -2.09. The third-order valence-electron chi connectivity index (χ3n) is 1.82. The van der Waals surface area contributed by atoms with Gasteiger partial charge in [-0.3, -0.25) is 0 Å². The molecule has 4 heteroatoms. The minimum atomic E-state index is -0.334. The third-order valence-corrected chi connectivity index (χ3v) is 1.82. The number of ether oxygens (including phenoxy) is 1. The van der Waals surface area contributed by atoms with Crippen LogP contribution in [-0.2, 0) is 6.42 Å². The molecule has 0 aliphatic carbocycles. The summed E-state index contributed by atoms with van der Waals surface area (Å²) in [6, 6.07) is 1.74. The summed E-state index contributed by atoms with van der Waals surface area (Å²) < 4.78 is 4.94. The third kappa shape index (κ3) is 2.99. The van der Waals surface area contributed by atoms with Gasteiger partial charge in [0.25, 0.3) is 0 Å². The van der Waals surface area contributed by atoms with E-state index in [1.807, 2.05) is 6.92 Å². The summed E-state index contributed by atoms with van der Waals surface area (Å²) in [5.74, 6) is 0.535. The van der Waals surface area contributed by atoms with Crippen LogP contribution in [0, 0.1) is 0 Å². The van der Waals surface area contributed by atoms with Crippen molar-refractivity contribution in [2.75, 3.05) is 7.11 Å². The fourth-order valence-corrected chi connectivity index (χ4v) is 0.986. The molecule has 0 radical (unpaired) electrons. The molecule has 0 aromatic carbocycles. The molecule has 1 atom stereocenters. The highest BCUT2D eigenvalue weighted by atomic mass is 16.5. The SMILES string of the molecule is CCC(O)Cc1cc(OC)ncn1. The van der Waals surface area contributed by atoms with Gasteiger partial charge in [-0.1, -0.05) is 6.92 Å². The topological polar surface area (TPSA) is 55.2 Å². The van der Waals surface area contributed by atoms with Crippen LogP contribution in [-0.4, -0.2) is 28.3 Å². The predicted octanol–water partition coefficient (Wildman–Crippen LogP) is 0.799. The molecule has 0 amide bonds. The summed E-state index contributed by atoms with van der Waals surface area (Å²) in [5.41, 5.74) is 0.807. The average molecular weight is 182 g/mol. The second-order valence-corrected chi connectivity index (χ2v) is 2.82. The van der Waals surface area contributed by atoms with Crippen molar-refractivity contribution in [3.8, 4) is 5.88 Å². The van der Waals surface area contributed by atoms with E-state index in [1.165, 1.54) is 6.33 Å². The molecular formula is C9H14N2O2. The second kappa shape index (κ2) is 4.77. The van der Waals surface area contributed by atoms with Crippen molar-refractivity contribution in [2.24, 2.45) is 0 Å². The number of hydrogen-bond donors (Lipinski definition) is 1. The predicted molar refractivity (Wildman–Crippen MR) is 48.6 cm³/mol. The van der Waals surface area contributed by atoms with Crippen LogP contribution in [0.4, 0.5) is 0 Å². The minimum Gasteiger partial charge on any atom is -0.481 e. The van der Waals surface area contributed by atoms with Crippen molar-refractivity contribution in [2.45, 2.75) is 25.9 Å². The fraction of sp³-hybridized carbons (Fsp3) is 0.556. The van der Waals surface area contributed by atoms with Gasteiger partial charge in [0.15, 0.2) is 0 Å². The van der Waals surface area contributed by atoms with Crippen molar-refractivity contribution in [3.63, 3.8) is 0 Å². The molecule has 4 nitrogen and oxygen atoms in total. The molecule has 1 rings (SSSR count). The van der Waals surface area contributed by atoms with Crippen LogP contribution in [0.1, 0.15) is 19.0 Å². The summed E-state index contributed by atoms with van der Waals surface area (Å²) in [5, 5.41) is 9.37. The zero-order valence-electron chi connectivity index (χ0n) is 7.90. The molecule has 1 N–H and O–H groups in total. The number of nitrogens with zero attached hydrogens (tertiary/aromatic N) is 2. The van der Waals surface area contributed by atoms with Gasteiger partial charge in [-0.25, -0.2) is 9.97 Å². The van der Waals surface area contributed by atoms with Crippen LogP contribution in [0.25, 0.3) is 0 Å². The molecule has 0 aliphatic rings. The van der Waals surface area contributed by atoms with E-state index in [0.717, 1.165) is 12.1 Å². The van der Waals surface area contributed by atoms with E-state index in [4.69, 9.17) is 4.74 Å². The van der Waals surface area contributed by atoms with Gasteiger partial charge >= 0.3 is 0 Å². The van der Waals surface area contributed by atoms with Crippen LogP contribution in [0.2, 0.25) is 0 Å². The first-order valence-corrected chi connectivity index (χ1v) is 4.29. The Hall–Kier alpha value is -1.16. The van der Waals surface area contributed by atoms with Gasteiger partial charge in [0.1, 0.15) is 6.33 Å². The first-order chi connectivity index (χ1) is 6.26. The Balaban J connectivity index is 2.66. The zero-order chi connectivity index (χ0) is 9.68. The van der Waals surface area contributed by atoms with E-state index in [0.29, 0.717) is 12.3 Å². The van der Waals surface area contributed by atoms with E-state index >= 15 is 0 Å². The molecule has 1 aromatic rings. The van der Waals surface area contributed by atoms with E-state index in [1.54, 1.807) is 13.2 Å². The van der Waals surface area contributed by atoms with Gasteiger partial charge in [0.05, 0.1) is 18.9 Å². The van der Waals surface area contributed by atoms with Crippen LogP contribution < -0.4 is 4.74 Å². The Kier molecular flexibility index (Phi) is 3.64. The van der Waals surface area contributed by atoms with Crippen LogP contribution in [0.3, 0.4) is 0 Å². The lowest BCUT2D eigenvalue weighted by molar-refractivity contribution is 0.169.